The largest absolute Gasteiger partial charge is 0.308 e. The molecule has 0 saturated carbocycles. The summed E-state index contributed by atoms with van der Waals surface area (Å²) in [5, 5.41) is 3.24. The Morgan fingerprint density at radius 1 is 1.16 bits per heavy atom. The number of benzene rings is 2. The number of likely N-dealkylation sites (N-methyl/N-ethyl adjacent to an activating group) is 1. The molecule has 7 heteroatoms. The van der Waals surface area contributed by atoms with Crippen molar-refractivity contribution in [3.8, 4) is 0 Å². The molecule has 0 amide bonds. The lowest BCUT2D eigenvalue weighted by Gasteiger charge is -2.30. The van der Waals surface area contributed by atoms with Crippen LogP contribution in [0.3, 0.4) is 0 Å². The lowest BCUT2D eigenvalue weighted by atomic mass is 10.0. The molecule has 2 atom stereocenters. The molecule has 3 rings (SSSR count). The van der Waals surface area contributed by atoms with Gasteiger partial charge in [0.25, 0.3) is 0 Å². The summed E-state index contributed by atoms with van der Waals surface area (Å²) >= 11 is 0. The molecule has 1 aliphatic rings. The Balaban J connectivity index is 1.65. The van der Waals surface area contributed by atoms with Gasteiger partial charge < -0.3 is 10.2 Å². The average molecular weight is 444 g/mol. The molecule has 0 bridgehead atoms. The van der Waals surface area contributed by atoms with Gasteiger partial charge >= 0.3 is 0 Å². The van der Waals surface area contributed by atoms with E-state index in [1.807, 2.05) is 32.3 Å². The summed E-state index contributed by atoms with van der Waals surface area (Å²) in [6.07, 6.45) is 1.92. The molecule has 1 N–H and O–H groups in total. The van der Waals surface area contributed by atoms with Crippen LogP contribution in [-0.4, -0.2) is 63.7 Å². The van der Waals surface area contributed by atoms with Crippen molar-refractivity contribution in [2.75, 3.05) is 40.3 Å². The summed E-state index contributed by atoms with van der Waals surface area (Å²) in [7, 11) is 0.444. The Morgan fingerprint density at radius 3 is 2.58 bits per heavy atom. The predicted molar refractivity (Wildman–Crippen MR) is 124 cm³/mol. The number of hydrogen-bond acceptors (Lipinski definition) is 5. The lowest BCUT2D eigenvalue weighted by Crippen LogP contribution is -2.39. The van der Waals surface area contributed by atoms with Crippen molar-refractivity contribution in [1.82, 2.24) is 14.5 Å². The van der Waals surface area contributed by atoms with Gasteiger partial charge in [-0.2, -0.15) is 4.31 Å². The highest BCUT2D eigenvalue weighted by molar-refractivity contribution is 7.89. The van der Waals surface area contributed by atoms with Gasteiger partial charge in [0, 0.05) is 31.2 Å². The highest BCUT2D eigenvalue weighted by Gasteiger charge is 2.29. The molecule has 1 saturated heterocycles. The number of nitrogens with one attached hydrogen (secondary N) is 1. The van der Waals surface area contributed by atoms with E-state index in [4.69, 9.17) is 0 Å². The maximum Gasteiger partial charge on any atom is 0.243 e. The first kappa shape index (κ1) is 23.6. The molecule has 0 aromatic heterocycles. The van der Waals surface area contributed by atoms with Crippen LogP contribution in [0, 0.1) is 5.92 Å². The van der Waals surface area contributed by atoms with Crippen molar-refractivity contribution in [3.05, 3.63) is 65.7 Å². The fraction of sp³-hybridized carbons (Fsp3) is 0.458. The molecular weight excluding hydrogens is 410 g/mol. The number of rotatable bonds is 9. The molecule has 0 aliphatic carbocycles. The topological polar surface area (TPSA) is 69.7 Å². The van der Waals surface area contributed by atoms with Crippen LogP contribution in [-0.2, 0) is 10.0 Å². The van der Waals surface area contributed by atoms with Crippen LogP contribution < -0.4 is 5.32 Å². The normalized spacial score (nSPS) is 18.8. The summed E-state index contributed by atoms with van der Waals surface area (Å²) in [5.74, 6) is 0.237. The number of ketones is 1. The molecule has 168 valence electrons. The number of nitrogens with zero attached hydrogens (tertiary/aromatic N) is 2. The van der Waals surface area contributed by atoms with Gasteiger partial charge in [-0.15, -0.1) is 0 Å². The Labute approximate surface area is 186 Å². The van der Waals surface area contributed by atoms with Gasteiger partial charge in [-0.3, -0.25) is 4.79 Å². The fourth-order valence-corrected chi connectivity index (χ4v) is 5.69. The van der Waals surface area contributed by atoms with Crippen LogP contribution >= 0.6 is 0 Å². The molecule has 2 unspecified atom stereocenters. The van der Waals surface area contributed by atoms with E-state index in [-0.39, 0.29) is 23.3 Å². The number of hydrogen-bond donors (Lipinski definition) is 1. The van der Waals surface area contributed by atoms with Crippen LogP contribution in [0.2, 0.25) is 0 Å². The SMILES string of the molecule is CC1CCCN(S(=O)(=O)c2cccc(C(=O)CNCC(c3ccccc3)N(C)C)c2)C1. The van der Waals surface area contributed by atoms with E-state index in [0.29, 0.717) is 31.1 Å². The van der Waals surface area contributed by atoms with Crippen molar-refractivity contribution in [2.24, 2.45) is 5.92 Å². The van der Waals surface area contributed by atoms with E-state index in [1.165, 1.54) is 11.6 Å². The van der Waals surface area contributed by atoms with E-state index in [1.54, 1.807) is 22.5 Å². The van der Waals surface area contributed by atoms with Crippen molar-refractivity contribution in [2.45, 2.75) is 30.7 Å². The monoisotopic (exact) mass is 443 g/mol. The van der Waals surface area contributed by atoms with Gasteiger partial charge in [0.2, 0.25) is 10.0 Å². The van der Waals surface area contributed by atoms with Gasteiger partial charge in [0.1, 0.15) is 0 Å². The second kappa shape index (κ2) is 10.5. The van der Waals surface area contributed by atoms with Crippen LogP contribution in [0.5, 0.6) is 0 Å². The summed E-state index contributed by atoms with van der Waals surface area (Å²) in [4.78, 5) is 15.1. The first-order valence-corrected chi connectivity index (χ1v) is 12.3. The quantitative estimate of drug-likeness (QED) is 0.603. The average Bonchev–Trinajstić information content (AvgIpc) is 2.77. The van der Waals surface area contributed by atoms with E-state index in [2.05, 4.69) is 29.3 Å². The molecule has 2 aromatic rings. The third-order valence-electron chi connectivity index (χ3n) is 5.84. The minimum atomic E-state index is -3.58. The first-order valence-electron chi connectivity index (χ1n) is 10.8. The maximum atomic E-state index is 13.0. The zero-order valence-electron chi connectivity index (χ0n) is 18.6. The summed E-state index contributed by atoms with van der Waals surface area (Å²) < 4.78 is 27.6. The van der Waals surface area contributed by atoms with Gasteiger partial charge in [-0.1, -0.05) is 49.4 Å². The zero-order chi connectivity index (χ0) is 22.4. The third kappa shape index (κ3) is 6.01. The summed E-state index contributed by atoms with van der Waals surface area (Å²) in [6, 6.07) is 16.7. The number of carbonyl (C=O) groups excluding carboxylic acids is 1. The van der Waals surface area contributed by atoms with Crippen LogP contribution in [0.4, 0.5) is 0 Å². The Bertz CT molecular complexity index is 977. The summed E-state index contributed by atoms with van der Waals surface area (Å²) in [6.45, 7) is 3.92. The molecular formula is C24H33N3O3S. The van der Waals surface area contributed by atoms with Gasteiger partial charge in [0.05, 0.1) is 11.4 Å². The lowest BCUT2D eigenvalue weighted by molar-refractivity contribution is 0.0988. The predicted octanol–water partition coefficient (Wildman–Crippen LogP) is 3.18. The van der Waals surface area contributed by atoms with Crippen LogP contribution in [0.1, 0.15) is 41.7 Å². The molecule has 1 heterocycles. The minimum absolute atomic E-state index is 0.116. The second-order valence-corrected chi connectivity index (χ2v) is 10.5. The van der Waals surface area contributed by atoms with E-state index >= 15 is 0 Å². The third-order valence-corrected chi connectivity index (χ3v) is 7.71. The molecule has 2 aromatic carbocycles. The number of carbonyl (C=O) groups is 1. The molecule has 0 radical (unpaired) electrons. The molecule has 1 fully saturated rings. The Hall–Kier alpha value is -2.06. The van der Waals surface area contributed by atoms with Gasteiger partial charge in [-0.05, 0) is 50.6 Å². The second-order valence-electron chi connectivity index (χ2n) is 8.58. The fourth-order valence-electron chi connectivity index (χ4n) is 4.04. The Morgan fingerprint density at radius 2 is 1.90 bits per heavy atom. The van der Waals surface area contributed by atoms with E-state index in [0.717, 1.165) is 12.8 Å². The van der Waals surface area contributed by atoms with Crippen molar-refractivity contribution in [1.29, 1.82) is 0 Å². The van der Waals surface area contributed by atoms with Gasteiger partial charge in [0.15, 0.2) is 5.78 Å². The molecule has 6 nitrogen and oxygen atoms in total. The minimum Gasteiger partial charge on any atom is -0.308 e. The van der Waals surface area contributed by atoms with E-state index < -0.39 is 10.0 Å². The standard InChI is InChI=1S/C24H33N3O3S/c1-19-9-8-14-27(18-19)31(29,30)22-13-7-12-21(15-22)24(28)17-25-16-23(26(2)3)20-10-5-4-6-11-20/h4-7,10-13,15,19,23,25H,8-9,14,16-18H2,1-3H3. The number of Topliss-reactive ketones (excluding diaryl/α,β-unsaturated/α-hetero) is 1. The van der Waals surface area contributed by atoms with Crippen LogP contribution in [0.15, 0.2) is 59.5 Å². The number of sulfonamides is 1. The molecule has 1 aliphatic heterocycles. The smallest absolute Gasteiger partial charge is 0.243 e. The summed E-state index contributed by atoms with van der Waals surface area (Å²) in [5.41, 5.74) is 1.59. The molecule has 0 spiro atoms. The Kier molecular flexibility index (Phi) is 8.00. The zero-order valence-corrected chi connectivity index (χ0v) is 19.4. The van der Waals surface area contributed by atoms with Crippen molar-refractivity contribution < 1.29 is 13.2 Å². The molecule has 31 heavy (non-hydrogen) atoms. The van der Waals surface area contributed by atoms with Crippen molar-refractivity contribution >= 4 is 15.8 Å². The highest BCUT2D eigenvalue weighted by atomic mass is 32.2. The van der Waals surface area contributed by atoms with Crippen LogP contribution in [0.25, 0.3) is 0 Å². The van der Waals surface area contributed by atoms with E-state index in [9.17, 15) is 13.2 Å². The van der Waals surface area contributed by atoms with Crippen molar-refractivity contribution in [3.63, 3.8) is 0 Å². The maximum absolute atomic E-state index is 13.0. The first-order chi connectivity index (χ1) is 14.8. The number of piperidine rings is 1. The highest BCUT2D eigenvalue weighted by Crippen LogP contribution is 2.24. The van der Waals surface area contributed by atoms with Gasteiger partial charge in [-0.25, -0.2) is 8.42 Å².